The molecule has 1 aromatic heterocycles. The van der Waals surface area contributed by atoms with Crippen molar-refractivity contribution in [2.75, 3.05) is 6.54 Å². The summed E-state index contributed by atoms with van der Waals surface area (Å²) in [6, 6.07) is 0. The molecule has 0 aliphatic carbocycles. The number of nitrogens with one attached hydrogen (secondary N) is 2. The van der Waals surface area contributed by atoms with Gasteiger partial charge in [0.25, 0.3) is 0 Å². The third-order valence-electron chi connectivity index (χ3n) is 2.36. The number of aromatic nitrogens is 2. The van der Waals surface area contributed by atoms with Crippen LogP contribution in [0.5, 0.6) is 0 Å². The minimum absolute atomic E-state index is 0.0837. The van der Waals surface area contributed by atoms with E-state index in [-0.39, 0.29) is 17.9 Å². The summed E-state index contributed by atoms with van der Waals surface area (Å²) in [6.07, 6.45) is 1.46. The number of sulfonamides is 1. The standard InChI is InChI=1S/C9H15N3O4S/c1-6(9(13)14)3-4-11-17(15,16)8-5-10-12-7(8)2/h5-6,11H,3-4H2,1-2H3,(H,10,12)(H,13,14). The van der Waals surface area contributed by atoms with Crippen molar-refractivity contribution in [3.8, 4) is 0 Å². The second-order valence-corrected chi connectivity index (χ2v) is 5.52. The molecule has 0 aliphatic rings. The Balaban J connectivity index is 2.58. The Morgan fingerprint density at radius 3 is 2.76 bits per heavy atom. The highest BCUT2D eigenvalue weighted by molar-refractivity contribution is 7.89. The maximum absolute atomic E-state index is 11.7. The number of nitrogens with zero attached hydrogens (tertiary/aromatic N) is 1. The van der Waals surface area contributed by atoms with Crippen LogP contribution in [0, 0.1) is 12.8 Å². The Bertz CT molecular complexity index is 494. The number of carboxylic acids is 1. The quantitative estimate of drug-likeness (QED) is 0.672. The molecule has 0 fully saturated rings. The number of carboxylic acid groups (broad SMARTS) is 1. The van der Waals surface area contributed by atoms with Crippen LogP contribution in [0.3, 0.4) is 0 Å². The fraction of sp³-hybridized carbons (Fsp3) is 0.556. The number of rotatable bonds is 6. The second kappa shape index (κ2) is 5.28. The van der Waals surface area contributed by atoms with Crippen LogP contribution < -0.4 is 4.72 Å². The number of aliphatic carboxylic acids is 1. The molecular weight excluding hydrogens is 246 g/mol. The lowest BCUT2D eigenvalue weighted by molar-refractivity contribution is -0.141. The number of aromatic amines is 1. The van der Waals surface area contributed by atoms with E-state index in [4.69, 9.17) is 5.11 Å². The maximum atomic E-state index is 11.7. The fourth-order valence-electron chi connectivity index (χ4n) is 1.22. The van der Waals surface area contributed by atoms with Gasteiger partial charge in [0.05, 0.1) is 17.8 Å². The molecule has 0 amide bonds. The Labute approximate surface area is 99.3 Å². The highest BCUT2D eigenvalue weighted by Crippen LogP contribution is 2.11. The molecule has 3 N–H and O–H groups in total. The van der Waals surface area contributed by atoms with E-state index in [1.54, 1.807) is 6.92 Å². The largest absolute Gasteiger partial charge is 0.481 e. The Morgan fingerprint density at radius 1 is 1.65 bits per heavy atom. The third-order valence-corrected chi connectivity index (χ3v) is 3.94. The molecule has 96 valence electrons. The predicted octanol–water partition coefficient (Wildman–Crippen LogP) is 0.107. The first-order valence-electron chi connectivity index (χ1n) is 5.07. The summed E-state index contributed by atoms with van der Waals surface area (Å²) in [5.41, 5.74) is 0.448. The van der Waals surface area contributed by atoms with Gasteiger partial charge in [0.2, 0.25) is 10.0 Å². The first-order valence-corrected chi connectivity index (χ1v) is 6.55. The first-order chi connectivity index (χ1) is 7.84. The van der Waals surface area contributed by atoms with E-state index in [0.717, 1.165) is 0 Å². The summed E-state index contributed by atoms with van der Waals surface area (Å²) in [5.74, 6) is -1.52. The number of hydrogen-bond acceptors (Lipinski definition) is 4. The van der Waals surface area contributed by atoms with E-state index in [0.29, 0.717) is 5.69 Å². The van der Waals surface area contributed by atoms with E-state index in [2.05, 4.69) is 14.9 Å². The number of carbonyl (C=O) groups is 1. The number of aryl methyl sites for hydroxylation is 1. The van der Waals surface area contributed by atoms with Gasteiger partial charge in [0.1, 0.15) is 4.90 Å². The lowest BCUT2D eigenvalue weighted by Gasteiger charge is -2.07. The van der Waals surface area contributed by atoms with Crippen molar-refractivity contribution in [1.29, 1.82) is 0 Å². The molecular formula is C9H15N3O4S. The lowest BCUT2D eigenvalue weighted by atomic mass is 10.1. The molecule has 0 bridgehead atoms. The molecule has 0 saturated carbocycles. The molecule has 1 rings (SSSR count). The molecule has 1 heterocycles. The van der Waals surface area contributed by atoms with Crippen LogP contribution in [-0.4, -0.2) is 36.2 Å². The lowest BCUT2D eigenvalue weighted by Crippen LogP contribution is -2.27. The zero-order chi connectivity index (χ0) is 13.1. The van der Waals surface area contributed by atoms with Gasteiger partial charge in [0, 0.05) is 6.54 Å². The second-order valence-electron chi connectivity index (χ2n) is 3.78. The highest BCUT2D eigenvalue weighted by Gasteiger charge is 2.19. The molecule has 8 heteroatoms. The molecule has 0 spiro atoms. The van der Waals surface area contributed by atoms with Gasteiger partial charge >= 0.3 is 5.97 Å². The Kier molecular flexibility index (Phi) is 4.24. The van der Waals surface area contributed by atoms with Crippen LogP contribution in [0.1, 0.15) is 19.0 Å². The van der Waals surface area contributed by atoms with E-state index >= 15 is 0 Å². The molecule has 1 aromatic rings. The van der Waals surface area contributed by atoms with Crippen molar-refractivity contribution < 1.29 is 18.3 Å². The van der Waals surface area contributed by atoms with Gasteiger partial charge in [-0.05, 0) is 13.3 Å². The molecule has 17 heavy (non-hydrogen) atoms. The van der Waals surface area contributed by atoms with Crippen molar-refractivity contribution in [1.82, 2.24) is 14.9 Å². The molecule has 0 saturated heterocycles. The summed E-state index contributed by atoms with van der Waals surface area (Å²) >= 11 is 0. The monoisotopic (exact) mass is 261 g/mol. The van der Waals surface area contributed by atoms with E-state index in [9.17, 15) is 13.2 Å². The van der Waals surface area contributed by atoms with Crippen LogP contribution in [0.15, 0.2) is 11.1 Å². The zero-order valence-corrected chi connectivity index (χ0v) is 10.4. The van der Waals surface area contributed by atoms with E-state index in [1.807, 2.05) is 0 Å². The summed E-state index contributed by atoms with van der Waals surface area (Å²) in [5, 5.41) is 14.8. The smallest absolute Gasteiger partial charge is 0.306 e. The summed E-state index contributed by atoms with van der Waals surface area (Å²) in [6.45, 7) is 3.21. The molecule has 0 aliphatic heterocycles. The minimum atomic E-state index is -3.61. The predicted molar refractivity (Wildman–Crippen MR) is 59.9 cm³/mol. The van der Waals surface area contributed by atoms with Crippen molar-refractivity contribution in [3.63, 3.8) is 0 Å². The maximum Gasteiger partial charge on any atom is 0.306 e. The molecule has 1 unspecified atom stereocenters. The van der Waals surface area contributed by atoms with Crippen LogP contribution in [-0.2, 0) is 14.8 Å². The van der Waals surface area contributed by atoms with Crippen molar-refractivity contribution in [3.05, 3.63) is 11.9 Å². The van der Waals surface area contributed by atoms with Crippen molar-refractivity contribution >= 4 is 16.0 Å². The SMILES string of the molecule is Cc1[nH]ncc1S(=O)(=O)NCCC(C)C(=O)O. The van der Waals surface area contributed by atoms with Crippen LogP contribution in [0.2, 0.25) is 0 Å². The van der Waals surface area contributed by atoms with Gasteiger partial charge in [-0.1, -0.05) is 6.92 Å². The summed E-state index contributed by atoms with van der Waals surface area (Å²) in [7, 11) is -3.61. The van der Waals surface area contributed by atoms with Gasteiger partial charge < -0.3 is 5.11 Å². The Hall–Kier alpha value is -1.41. The van der Waals surface area contributed by atoms with Crippen LogP contribution in [0.25, 0.3) is 0 Å². The van der Waals surface area contributed by atoms with Gasteiger partial charge in [-0.3, -0.25) is 9.89 Å². The molecule has 0 aromatic carbocycles. The van der Waals surface area contributed by atoms with Gasteiger partial charge in [-0.15, -0.1) is 0 Å². The number of hydrogen-bond donors (Lipinski definition) is 3. The summed E-state index contributed by atoms with van der Waals surface area (Å²) in [4.78, 5) is 10.6. The van der Waals surface area contributed by atoms with Crippen LogP contribution >= 0.6 is 0 Å². The minimum Gasteiger partial charge on any atom is -0.481 e. The van der Waals surface area contributed by atoms with Gasteiger partial charge in [-0.25, -0.2) is 13.1 Å². The zero-order valence-electron chi connectivity index (χ0n) is 9.60. The van der Waals surface area contributed by atoms with Gasteiger partial charge in [0.15, 0.2) is 0 Å². The van der Waals surface area contributed by atoms with Crippen molar-refractivity contribution in [2.45, 2.75) is 25.2 Å². The fourth-order valence-corrected chi connectivity index (χ4v) is 2.40. The highest BCUT2D eigenvalue weighted by atomic mass is 32.2. The first kappa shape index (κ1) is 13.7. The molecule has 1 atom stereocenters. The number of H-pyrrole nitrogens is 1. The average Bonchev–Trinajstić information content (AvgIpc) is 2.64. The third kappa shape index (κ3) is 3.53. The topological polar surface area (TPSA) is 112 Å². The normalized spacial score (nSPS) is 13.5. The van der Waals surface area contributed by atoms with Gasteiger partial charge in [-0.2, -0.15) is 5.10 Å². The molecule has 7 nitrogen and oxygen atoms in total. The summed E-state index contributed by atoms with van der Waals surface area (Å²) < 4.78 is 25.8. The molecule has 0 radical (unpaired) electrons. The van der Waals surface area contributed by atoms with E-state index in [1.165, 1.54) is 13.1 Å². The van der Waals surface area contributed by atoms with Crippen molar-refractivity contribution in [2.24, 2.45) is 5.92 Å². The van der Waals surface area contributed by atoms with Crippen LogP contribution in [0.4, 0.5) is 0 Å². The average molecular weight is 261 g/mol. The Morgan fingerprint density at radius 2 is 2.29 bits per heavy atom. The van der Waals surface area contributed by atoms with E-state index < -0.39 is 21.9 Å².